The highest BCUT2D eigenvalue weighted by molar-refractivity contribution is 5.43. The molecule has 6 nitrogen and oxygen atoms in total. The largest absolute Gasteiger partial charge is 0.330 e. The Bertz CT molecular complexity index is 602. The normalized spacial score (nSPS) is 10.3. The van der Waals surface area contributed by atoms with Gasteiger partial charge in [0, 0.05) is 18.5 Å². The van der Waals surface area contributed by atoms with Crippen LogP contribution in [0.4, 0.5) is 10.1 Å². The second kappa shape index (κ2) is 3.61. The van der Waals surface area contributed by atoms with E-state index in [-0.39, 0.29) is 5.69 Å². The first kappa shape index (κ1) is 10.1. The van der Waals surface area contributed by atoms with Crippen LogP contribution in [-0.4, -0.2) is 14.5 Å². The fraction of sp³-hybridized carbons (Fsp3) is 0. The Kier molecular flexibility index (Phi) is 2.28. The second-order valence-electron chi connectivity index (χ2n) is 3.06. The molecule has 0 bridgehead atoms. The zero-order chi connectivity index (χ0) is 11.7. The highest BCUT2D eigenvalue weighted by atomic mass is 19.1. The van der Waals surface area contributed by atoms with Gasteiger partial charge < -0.3 is 4.98 Å². The van der Waals surface area contributed by atoms with Crippen molar-refractivity contribution in [3.63, 3.8) is 0 Å². The number of H-pyrrole nitrogens is 1. The molecule has 0 aliphatic heterocycles. The SMILES string of the molecule is O=c1[nH]ccn1-c1cc(F)cc([N+](=O)[O-])c1. The molecule has 7 heteroatoms. The minimum absolute atomic E-state index is 0.109. The lowest BCUT2D eigenvalue weighted by Crippen LogP contribution is -2.14. The number of nitro groups is 1. The average Bonchev–Trinajstić information content (AvgIpc) is 2.63. The molecule has 0 amide bonds. The van der Waals surface area contributed by atoms with Crippen LogP contribution in [0.5, 0.6) is 0 Å². The molecule has 0 atom stereocenters. The molecule has 2 aromatic rings. The third-order valence-electron chi connectivity index (χ3n) is 2.01. The summed E-state index contributed by atoms with van der Waals surface area (Å²) in [4.78, 5) is 23.4. The van der Waals surface area contributed by atoms with Gasteiger partial charge in [-0.2, -0.15) is 0 Å². The van der Waals surface area contributed by atoms with Gasteiger partial charge in [-0.3, -0.25) is 14.7 Å². The number of nitrogens with zero attached hydrogens (tertiary/aromatic N) is 2. The number of aromatic amines is 1. The monoisotopic (exact) mass is 223 g/mol. The molecular formula is C9H6FN3O3. The van der Waals surface area contributed by atoms with E-state index in [2.05, 4.69) is 4.98 Å². The number of rotatable bonds is 2. The van der Waals surface area contributed by atoms with E-state index in [4.69, 9.17) is 0 Å². The summed E-state index contributed by atoms with van der Waals surface area (Å²) < 4.78 is 14.2. The standard InChI is InChI=1S/C9H6FN3O3/c10-6-3-7(5-8(4-6)13(15)16)12-2-1-11-9(12)14/h1-5H,(H,11,14). The molecule has 1 heterocycles. The summed E-state index contributed by atoms with van der Waals surface area (Å²) >= 11 is 0. The molecule has 0 aliphatic rings. The van der Waals surface area contributed by atoms with E-state index in [1.165, 1.54) is 12.4 Å². The van der Waals surface area contributed by atoms with Crippen LogP contribution >= 0.6 is 0 Å². The number of nitro benzene ring substituents is 1. The minimum Gasteiger partial charge on any atom is -0.312 e. The van der Waals surface area contributed by atoms with Crippen LogP contribution in [0, 0.1) is 15.9 Å². The summed E-state index contributed by atoms with van der Waals surface area (Å²) in [6.07, 6.45) is 2.72. The summed E-state index contributed by atoms with van der Waals surface area (Å²) in [5, 5.41) is 10.5. The van der Waals surface area contributed by atoms with Gasteiger partial charge in [-0.15, -0.1) is 0 Å². The summed E-state index contributed by atoms with van der Waals surface area (Å²) in [7, 11) is 0. The lowest BCUT2D eigenvalue weighted by molar-refractivity contribution is -0.385. The maximum atomic E-state index is 13.1. The van der Waals surface area contributed by atoms with Crippen molar-refractivity contribution >= 4 is 5.69 Å². The first-order valence-corrected chi connectivity index (χ1v) is 4.29. The van der Waals surface area contributed by atoms with Crippen LogP contribution in [0.1, 0.15) is 0 Å². The van der Waals surface area contributed by atoms with Crippen molar-refractivity contribution in [2.75, 3.05) is 0 Å². The van der Waals surface area contributed by atoms with E-state index >= 15 is 0 Å². The van der Waals surface area contributed by atoms with E-state index in [9.17, 15) is 19.3 Å². The van der Waals surface area contributed by atoms with Gasteiger partial charge >= 0.3 is 5.69 Å². The topological polar surface area (TPSA) is 80.9 Å². The molecule has 0 unspecified atom stereocenters. The average molecular weight is 223 g/mol. The first-order chi connectivity index (χ1) is 7.58. The molecule has 1 N–H and O–H groups in total. The molecule has 0 radical (unpaired) electrons. The summed E-state index contributed by atoms with van der Waals surface area (Å²) in [6, 6.07) is 2.96. The molecule has 1 aromatic heterocycles. The number of hydrogen-bond acceptors (Lipinski definition) is 3. The van der Waals surface area contributed by atoms with Gasteiger partial charge in [-0.05, 0) is 6.07 Å². The quantitative estimate of drug-likeness (QED) is 0.613. The van der Waals surface area contributed by atoms with Crippen molar-refractivity contribution in [2.24, 2.45) is 0 Å². The fourth-order valence-corrected chi connectivity index (χ4v) is 1.33. The van der Waals surface area contributed by atoms with Crippen molar-refractivity contribution < 1.29 is 9.31 Å². The van der Waals surface area contributed by atoms with Gasteiger partial charge in [-0.1, -0.05) is 0 Å². The molecular weight excluding hydrogens is 217 g/mol. The maximum Gasteiger partial charge on any atom is 0.330 e. The Morgan fingerprint density at radius 1 is 1.38 bits per heavy atom. The Hall–Kier alpha value is -2.44. The van der Waals surface area contributed by atoms with Crippen molar-refractivity contribution in [2.45, 2.75) is 0 Å². The molecule has 0 aliphatic carbocycles. The zero-order valence-corrected chi connectivity index (χ0v) is 7.88. The summed E-state index contributed by atoms with van der Waals surface area (Å²) in [6.45, 7) is 0. The predicted molar refractivity (Wildman–Crippen MR) is 53.0 cm³/mol. The van der Waals surface area contributed by atoms with Crippen LogP contribution in [-0.2, 0) is 0 Å². The second-order valence-corrected chi connectivity index (χ2v) is 3.06. The minimum atomic E-state index is -0.766. The third-order valence-corrected chi connectivity index (χ3v) is 2.01. The molecule has 0 saturated heterocycles. The van der Waals surface area contributed by atoms with E-state index < -0.39 is 22.1 Å². The lowest BCUT2D eigenvalue weighted by atomic mass is 10.2. The van der Waals surface area contributed by atoms with E-state index in [1.54, 1.807) is 0 Å². The number of nitrogens with one attached hydrogen (secondary N) is 1. The highest BCUT2D eigenvalue weighted by Crippen LogP contribution is 2.18. The van der Waals surface area contributed by atoms with Crippen molar-refractivity contribution in [1.29, 1.82) is 0 Å². The van der Waals surface area contributed by atoms with Crippen LogP contribution in [0.2, 0.25) is 0 Å². The number of halogens is 1. The number of hydrogen-bond donors (Lipinski definition) is 1. The Morgan fingerprint density at radius 2 is 2.12 bits per heavy atom. The van der Waals surface area contributed by atoms with Crippen LogP contribution in [0.15, 0.2) is 35.4 Å². The number of benzene rings is 1. The summed E-state index contributed by atoms with van der Waals surface area (Å²) in [5.41, 5.74) is -0.777. The van der Waals surface area contributed by atoms with Crippen molar-refractivity contribution in [1.82, 2.24) is 9.55 Å². The van der Waals surface area contributed by atoms with Crippen LogP contribution in [0.25, 0.3) is 5.69 Å². The molecule has 16 heavy (non-hydrogen) atoms. The van der Waals surface area contributed by atoms with Crippen molar-refractivity contribution in [3.05, 3.63) is 57.0 Å². The third kappa shape index (κ3) is 1.70. The number of imidazole rings is 1. The molecule has 1 aromatic carbocycles. The van der Waals surface area contributed by atoms with Gasteiger partial charge in [0.2, 0.25) is 0 Å². The lowest BCUT2D eigenvalue weighted by Gasteiger charge is -2.00. The van der Waals surface area contributed by atoms with Crippen LogP contribution < -0.4 is 5.69 Å². The van der Waals surface area contributed by atoms with Crippen molar-refractivity contribution in [3.8, 4) is 5.69 Å². The highest BCUT2D eigenvalue weighted by Gasteiger charge is 2.11. The maximum absolute atomic E-state index is 13.1. The fourth-order valence-electron chi connectivity index (χ4n) is 1.33. The van der Waals surface area contributed by atoms with Gasteiger partial charge in [-0.25, -0.2) is 9.18 Å². The number of non-ortho nitro benzene ring substituents is 1. The van der Waals surface area contributed by atoms with Crippen LogP contribution in [0.3, 0.4) is 0 Å². The molecule has 0 saturated carbocycles. The molecule has 82 valence electrons. The predicted octanol–water partition coefficient (Wildman–Crippen LogP) is 1.21. The van der Waals surface area contributed by atoms with Gasteiger partial charge in [0.25, 0.3) is 5.69 Å². The summed E-state index contributed by atoms with van der Waals surface area (Å²) in [5.74, 6) is -0.766. The molecule has 2 rings (SSSR count). The Balaban J connectivity index is 2.62. The van der Waals surface area contributed by atoms with E-state index in [0.717, 1.165) is 22.8 Å². The van der Waals surface area contributed by atoms with E-state index in [0.29, 0.717) is 0 Å². The Labute approximate surface area is 88.1 Å². The Morgan fingerprint density at radius 3 is 2.69 bits per heavy atom. The van der Waals surface area contributed by atoms with Gasteiger partial charge in [0.05, 0.1) is 16.7 Å². The van der Waals surface area contributed by atoms with Gasteiger partial charge in [0.15, 0.2) is 0 Å². The van der Waals surface area contributed by atoms with Gasteiger partial charge in [0.1, 0.15) is 5.82 Å². The zero-order valence-electron chi connectivity index (χ0n) is 7.88. The van der Waals surface area contributed by atoms with E-state index in [1.807, 2.05) is 0 Å². The first-order valence-electron chi connectivity index (χ1n) is 4.29. The number of aromatic nitrogens is 2. The molecule has 0 fully saturated rings. The smallest absolute Gasteiger partial charge is 0.312 e. The molecule has 0 spiro atoms.